The minimum Gasteiger partial charge on any atom is -0.301 e. The second-order valence-corrected chi connectivity index (χ2v) is 5.62. The highest BCUT2D eigenvalue weighted by Gasteiger charge is 2.15. The van der Waals surface area contributed by atoms with Gasteiger partial charge in [0.05, 0.1) is 17.8 Å². The fraction of sp³-hybridized carbons (Fsp3) is 0.200. The van der Waals surface area contributed by atoms with E-state index in [2.05, 4.69) is 43.4 Å². The van der Waals surface area contributed by atoms with Crippen LogP contribution < -0.4 is 10.8 Å². The van der Waals surface area contributed by atoms with Gasteiger partial charge < -0.3 is 5.32 Å². The number of amides is 1. The number of hydrogen-bond donors (Lipinski definition) is 3. The molecule has 0 spiro atoms. The van der Waals surface area contributed by atoms with Gasteiger partial charge in [-0.15, -0.1) is 4.99 Å². The smallest absolute Gasteiger partial charge is 0.258 e. The summed E-state index contributed by atoms with van der Waals surface area (Å²) in [5.74, 6) is 0.668. The van der Waals surface area contributed by atoms with Crippen LogP contribution in [-0.4, -0.2) is 28.6 Å². The summed E-state index contributed by atoms with van der Waals surface area (Å²) in [5.41, 5.74) is 3.24. The summed E-state index contributed by atoms with van der Waals surface area (Å²) in [6.45, 7) is 0.733. The van der Waals surface area contributed by atoms with Crippen molar-refractivity contribution in [1.82, 2.24) is 5.32 Å². The Kier molecular flexibility index (Phi) is 4.80. The average molecular weight is 379 g/mol. The van der Waals surface area contributed by atoms with E-state index in [1.807, 2.05) is 0 Å². The molecule has 0 fully saturated rings. The second-order valence-electron chi connectivity index (χ2n) is 3.38. The summed E-state index contributed by atoms with van der Waals surface area (Å²) < 4.78 is 0.803. The molecule has 96 valence electrons. The number of carbonyl (C=O) groups is 1. The van der Waals surface area contributed by atoms with Crippen LogP contribution in [0.15, 0.2) is 23.2 Å². The molecule has 1 aliphatic heterocycles. The number of nitrogens with one attached hydrogen (secondary N) is 2. The molecule has 6 nitrogen and oxygen atoms in total. The number of aliphatic imine (C=N–C) groups is 1. The molecule has 0 atom stereocenters. The zero-order valence-electron chi connectivity index (χ0n) is 9.14. The summed E-state index contributed by atoms with van der Waals surface area (Å²) in [4.78, 5) is 20.0. The van der Waals surface area contributed by atoms with Crippen molar-refractivity contribution in [1.29, 1.82) is 0 Å². The largest absolute Gasteiger partial charge is 0.301 e. The summed E-state index contributed by atoms with van der Waals surface area (Å²) in [6, 6.07) is 5.03. The van der Waals surface area contributed by atoms with Crippen molar-refractivity contribution in [2.75, 3.05) is 17.8 Å². The molecule has 1 aromatic rings. The first kappa shape index (κ1) is 13.6. The number of hydrogen-bond acceptors (Lipinski definition) is 6. The molecule has 18 heavy (non-hydrogen) atoms. The number of anilines is 1. The van der Waals surface area contributed by atoms with Crippen LogP contribution in [0.4, 0.5) is 5.69 Å². The van der Waals surface area contributed by atoms with E-state index in [1.54, 1.807) is 18.2 Å². The minimum atomic E-state index is -0.228. The van der Waals surface area contributed by atoms with Crippen LogP contribution in [0, 0.1) is 3.57 Å². The van der Waals surface area contributed by atoms with Gasteiger partial charge in [-0.3, -0.25) is 9.79 Å². The Balaban J connectivity index is 2.15. The minimum absolute atomic E-state index is 0.228. The fourth-order valence-electron chi connectivity index (χ4n) is 1.39. The normalized spacial score (nSPS) is 14.2. The summed E-state index contributed by atoms with van der Waals surface area (Å²) in [5, 5.41) is 11.7. The quantitative estimate of drug-likeness (QED) is 0.425. The van der Waals surface area contributed by atoms with Crippen LogP contribution in [0.25, 0.3) is 0 Å². The predicted molar refractivity (Wildman–Crippen MR) is 78.7 cm³/mol. The van der Waals surface area contributed by atoms with Gasteiger partial charge in [-0.2, -0.15) is 0 Å². The molecule has 0 unspecified atom stereocenters. The Morgan fingerprint density at radius 3 is 3.06 bits per heavy atom. The van der Waals surface area contributed by atoms with Crippen molar-refractivity contribution in [3.8, 4) is 0 Å². The molecule has 1 aliphatic rings. The van der Waals surface area contributed by atoms with E-state index in [0.29, 0.717) is 16.4 Å². The van der Waals surface area contributed by atoms with Gasteiger partial charge in [-0.05, 0) is 40.8 Å². The van der Waals surface area contributed by atoms with E-state index >= 15 is 0 Å². The third-order valence-electron chi connectivity index (χ3n) is 2.18. The Bertz CT molecular complexity index is 495. The van der Waals surface area contributed by atoms with Gasteiger partial charge in [0.15, 0.2) is 5.17 Å². The van der Waals surface area contributed by atoms with Crippen LogP contribution in [0.5, 0.6) is 0 Å². The van der Waals surface area contributed by atoms with Gasteiger partial charge in [0, 0.05) is 9.32 Å². The number of amidine groups is 1. The van der Waals surface area contributed by atoms with E-state index in [4.69, 9.17) is 5.26 Å². The summed E-state index contributed by atoms with van der Waals surface area (Å²) in [6.07, 6.45) is 0. The summed E-state index contributed by atoms with van der Waals surface area (Å²) in [7, 11) is 0. The van der Waals surface area contributed by atoms with Crippen molar-refractivity contribution in [2.24, 2.45) is 4.99 Å². The third kappa shape index (κ3) is 3.34. The van der Waals surface area contributed by atoms with Crippen LogP contribution in [0.3, 0.4) is 0 Å². The first-order chi connectivity index (χ1) is 8.70. The van der Waals surface area contributed by atoms with E-state index in [0.717, 1.165) is 15.9 Å². The van der Waals surface area contributed by atoms with Gasteiger partial charge in [-0.25, -0.2) is 10.7 Å². The second kappa shape index (κ2) is 6.36. The molecule has 8 heteroatoms. The lowest BCUT2D eigenvalue weighted by Gasteiger charge is -2.08. The number of rotatable bonds is 3. The highest BCUT2D eigenvalue weighted by molar-refractivity contribution is 14.1. The molecule has 1 heterocycles. The Morgan fingerprint density at radius 2 is 2.39 bits per heavy atom. The molecule has 1 aromatic carbocycles. The van der Waals surface area contributed by atoms with Crippen molar-refractivity contribution in [3.05, 3.63) is 27.3 Å². The highest BCUT2D eigenvalue weighted by atomic mass is 127. The lowest BCUT2D eigenvalue weighted by atomic mass is 10.2. The van der Waals surface area contributed by atoms with Crippen molar-refractivity contribution < 1.29 is 15.0 Å². The molecular formula is C10H10IN3O3S. The van der Waals surface area contributed by atoms with Crippen LogP contribution >= 0.6 is 34.4 Å². The Hall–Kier alpha value is -0.840. The first-order valence-electron chi connectivity index (χ1n) is 5.05. The standard InChI is InChI=1S/C10H10IN3O3S/c11-8-2-1-6(14-17-16)5-7(8)9(15)13-10-12-3-4-18-10/h1-2,5,14,16H,3-4H2,(H,12,13,15). The molecule has 0 saturated heterocycles. The van der Waals surface area contributed by atoms with Gasteiger partial charge in [0.1, 0.15) is 0 Å². The van der Waals surface area contributed by atoms with E-state index in [9.17, 15) is 4.79 Å². The van der Waals surface area contributed by atoms with Crippen LogP contribution in [0.1, 0.15) is 10.4 Å². The number of nitrogens with zero attached hydrogens (tertiary/aromatic N) is 1. The van der Waals surface area contributed by atoms with E-state index in [-0.39, 0.29) is 5.91 Å². The topological polar surface area (TPSA) is 83.0 Å². The zero-order valence-corrected chi connectivity index (χ0v) is 12.1. The molecule has 1 amide bonds. The van der Waals surface area contributed by atoms with Gasteiger partial charge in [0.2, 0.25) is 0 Å². The fourth-order valence-corrected chi connectivity index (χ4v) is 2.69. The lowest BCUT2D eigenvalue weighted by molar-refractivity contribution is -0.215. The third-order valence-corrected chi connectivity index (χ3v) is 4.01. The first-order valence-corrected chi connectivity index (χ1v) is 7.11. The zero-order chi connectivity index (χ0) is 13.0. The van der Waals surface area contributed by atoms with Crippen molar-refractivity contribution in [3.63, 3.8) is 0 Å². The maximum absolute atomic E-state index is 12.0. The number of carbonyl (C=O) groups excluding carboxylic acids is 1. The number of benzene rings is 1. The molecular weight excluding hydrogens is 369 g/mol. The Labute approximate surface area is 121 Å². The van der Waals surface area contributed by atoms with E-state index in [1.165, 1.54) is 11.8 Å². The average Bonchev–Trinajstić information content (AvgIpc) is 2.84. The monoisotopic (exact) mass is 379 g/mol. The van der Waals surface area contributed by atoms with Gasteiger partial charge in [-0.1, -0.05) is 11.8 Å². The molecule has 0 bridgehead atoms. The predicted octanol–water partition coefficient (Wildman–Crippen LogP) is 1.94. The van der Waals surface area contributed by atoms with E-state index < -0.39 is 0 Å². The molecule has 2 rings (SSSR count). The van der Waals surface area contributed by atoms with Crippen LogP contribution in [0.2, 0.25) is 0 Å². The maximum atomic E-state index is 12.0. The lowest BCUT2D eigenvalue weighted by Crippen LogP contribution is -2.28. The van der Waals surface area contributed by atoms with Gasteiger partial charge >= 0.3 is 0 Å². The molecule has 0 aromatic heterocycles. The summed E-state index contributed by atoms with van der Waals surface area (Å²) >= 11 is 3.59. The molecule has 3 N–H and O–H groups in total. The highest BCUT2D eigenvalue weighted by Crippen LogP contribution is 2.18. The maximum Gasteiger partial charge on any atom is 0.258 e. The number of halogens is 1. The molecule has 0 saturated carbocycles. The molecule has 0 aliphatic carbocycles. The van der Waals surface area contributed by atoms with Gasteiger partial charge in [0.25, 0.3) is 5.91 Å². The van der Waals surface area contributed by atoms with Crippen molar-refractivity contribution in [2.45, 2.75) is 0 Å². The Morgan fingerprint density at radius 1 is 1.56 bits per heavy atom. The molecule has 0 radical (unpaired) electrons. The van der Waals surface area contributed by atoms with Crippen molar-refractivity contribution >= 4 is 51.1 Å². The van der Waals surface area contributed by atoms with Crippen LogP contribution in [-0.2, 0) is 4.99 Å². The number of thioether (sulfide) groups is 1. The SMILES string of the molecule is O=C(NC1=NCCS1)c1cc(NOO)ccc1I.